The first-order valence-electron chi connectivity index (χ1n) is 8.20. The van der Waals surface area contributed by atoms with Gasteiger partial charge in [-0.05, 0) is 31.0 Å². The summed E-state index contributed by atoms with van der Waals surface area (Å²) in [5.74, 6) is -1.06. The number of imide groups is 1. The largest absolute Gasteiger partial charge is 0.385 e. The van der Waals surface area contributed by atoms with Crippen LogP contribution in [-0.2, 0) is 4.74 Å². The first-order chi connectivity index (χ1) is 12.0. The summed E-state index contributed by atoms with van der Waals surface area (Å²) in [6.07, 6.45) is 1.28. The van der Waals surface area contributed by atoms with E-state index in [1.807, 2.05) is 13.0 Å². The molecule has 7 nitrogen and oxygen atoms in total. The molecule has 0 aliphatic carbocycles. The summed E-state index contributed by atoms with van der Waals surface area (Å²) < 4.78 is 4.95. The molecule has 1 heterocycles. The number of benzene rings is 1. The average Bonchev–Trinajstić information content (AvgIpc) is 2.85. The summed E-state index contributed by atoms with van der Waals surface area (Å²) in [5, 5.41) is 8.87. The molecule has 0 radical (unpaired) electrons. The highest BCUT2D eigenvalue weighted by Gasteiger charge is 2.35. The normalized spacial score (nSPS) is 12.9. The lowest BCUT2D eigenvalue weighted by molar-refractivity contribution is 0.0638. The Morgan fingerprint density at radius 2 is 2.00 bits per heavy atom. The van der Waals surface area contributed by atoms with Gasteiger partial charge in [0, 0.05) is 32.4 Å². The van der Waals surface area contributed by atoms with Crippen LogP contribution in [0.5, 0.6) is 0 Å². The molecule has 1 aliphatic rings. The summed E-state index contributed by atoms with van der Waals surface area (Å²) in [5.41, 5.74) is 0.852. The molecule has 0 saturated carbocycles. The van der Waals surface area contributed by atoms with Crippen molar-refractivity contribution in [1.82, 2.24) is 9.80 Å². The lowest BCUT2D eigenvalue weighted by atomic mass is 10.0. The van der Waals surface area contributed by atoms with E-state index in [9.17, 15) is 14.4 Å². The van der Waals surface area contributed by atoms with E-state index < -0.39 is 5.91 Å². The Balaban J connectivity index is 2.24. The maximum atomic E-state index is 12.6. The number of carbonyl (C=O) groups excluding carboxylic acids is 3. The van der Waals surface area contributed by atoms with E-state index in [1.165, 1.54) is 28.0 Å². The molecule has 0 atom stereocenters. The standard InChI is InChI=1S/C18H21N3O4/c1-3-8-20(10-7-19)16(22)13-5-6-14-15(12-13)18(24)21(17(14)23)9-4-11-25-2/h5-6,12H,3-4,8-11H2,1-2H3. The van der Waals surface area contributed by atoms with Crippen molar-refractivity contribution in [3.63, 3.8) is 0 Å². The number of ether oxygens (including phenoxy) is 1. The van der Waals surface area contributed by atoms with Crippen molar-refractivity contribution in [2.45, 2.75) is 19.8 Å². The number of hydrogen-bond donors (Lipinski definition) is 0. The highest BCUT2D eigenvalue weighted by atomic mass is 16.5. The molecule has 0 N–H and O–H groups in total. The van der Waals surface area contributed by atoms with Crippen LogP contribution in [0.1, 0.15) is 50.8 Å². The van der Waals surface area contributed by atoms with Gasteiger partial charge in [0.2, 0.25) is 0 Å². The van der Waals surface area contributed by atoms with Crippen LogP contribution in [0.2, 0.25) is 0 Å². The molecule has 25 heavy (non-hydrogen) atoms. The molecule has 3 amide bonds. The molecule has 1 aromatic carbocycles. The first-order valence-corrected chi connectivity index (χ1v) is 8.20. The second kappa shape index (κ2) is 8.40. The lowest BCUT2D eigenvalue weighted by Crippen LogP contribution is -2.32. The minimum absolute atomic E-state index is 0.0141. The van der Waals surface area contributed by atoms with E-state index >= 15 is 0 Å². The van der Waals surface area contributed by atoms with Gasteiger partial charge in [-0.15, -0.1) is 0 Å². The Morgan fingerprint density at radius 3 is 2.64 bits per heavy atom. The molecule has 0 unspecified atom stereocenters. The summed E-state index contributed by atoms with van der Waals surface area (Å²) in [6.45, 7) is 3.09. The van der Waals surface area contributed by atoms with Gasteiger partial charge in [0.1, 0.15) is 6.54 Å². The summed E-state index contributed by atoms with van der Waals surface area (Å²) in [7, 11) is 1.56. The van der Waals surface area contributed by atoms with Crippen molar-refractivity contribution in [3.8, 4) is 6.07 Å². The Morgan fingerprint density at radius 1 is 1.28 bits per heavy atom. The minimum Gasteiger partial charge on any atom is -0.385 e. The monoisotopic (exact) mass is 343 g/mol. The van der Waals surface area contributed by atoms with Crippen molar-refractivity contribution in [2.24, 2.45) is 0 Å². The maximum Gasteiger partial charge on any atom is 0.261 e. The lowest BCUT2D eigenvalue weighted by Gasteiger charge is -2.18. The topological polar surface area (TPSA) is 90.7 Å². The summed E-state index contributed by atoms with van der Waals surface area (Å²) >= 11 is 0. The summed E-state index contributed by atoms with van der Waals surface area (Å²) in [6, 6.07) is 6.47. The van der Waals surface area contributed by atoms with E-state index in [4.69, 9.17) is 10.00 Å². The number of nitriles is 1. The zero-order valence-electron chi connectivity index (χ0n) is 14.4. The Bertz CT molecular complexity index is 724. The number of rotatable bonds is 8. The Hall–Kier alpha value is -2.72. The number of hydrogen-bond acceptors (Lipinski definition) is 5. The second-order valence-electron chi connectivity index (χ2n) is 5.75. The highest BCUT2D eigenvalue weighted by Crippen LogP contribution is 2.24. The van der Waals surface area contributed by atoms with Gasteiger partial charge in [-0.25, -0.2) is 0 Å². The van der Waals surface area contributed by atoms with Crippen molar-refractivity contribution < 1.29 is 19.1 Å². The first kappa shape index (κ1) is 18.6. The molecule has 1 aliphatic heterocycles. The molecular formula is C18H21N3O4. The third-order valence-electron chi connectivity index (χ3n) is 3.99. The number of fused-ring (bicyclic) bond motifs is 1. The predicted molar refractivity (Wildman–Crippen MR) is 90.1 cm³/mol. The van der Waals surface area contributed by atoms with Crippen LogP contribution in [-0.4, -0.2) is 60.9 Å². The zero-order chi connectivity index (χ0) is 18.4. The number of carbonyl (C=O) groups is 3. The SMILES string of the molecule is CCCN(CC#N)C(=O)c1ccc2c(c1)C(=O)N(CCCOC)C2=O. The Kier molecular flexibility index (Phi) is 6.25. The van der Waals surface area contributed by atoms with E-state index in [0.717, 1.165) is 6.42 Å². The van der Waals surface area contributed by atoms with Crippen LogP contribution in [0.25, 0.3) is 0 Å². The van der Waals surface area contributed by atoms with E-state index in [2.05, 4.69) is 0 Å². The van der Waals surface area contributed by atoms with Crippen LogP contribution in [0.4, 0.5) is 0 Å². The third-order valence-corrected chi connectivity index (χ3v) is 3.99. The predicted octanol–water partition coefficient (Wildman–Crippen LogP) is 1.69. The van der Waals surface area contributed by atoms with E-state index in [-0.39, 0.29) is 30.5 Å². The van der Waals surface area contributed by atoms with Gasteiger partial charge in [-0.3, -0.25) is 19.3 Å². The number of methoxy groups -OCH3 is 1. The average molecular weight is 343 g/mol. The fraction of sp³-hybridized carbons (Fsp3) is 0.444. The molecular weight excluding hydrogens is 322 g/mol. The van der Waals surface area contributed by atoms with Gasteiger partial charge < -0.3 is 9.64 Å². The van der Waals surface area contributed by atoms with Gasteiger partial charge >= 0.3 is 0 Å². The fourth-order valence-corrected chi connectivity index (χ4v) is 2.78. The number of nitrogens with zero attached hydrogens (tertiary/aromatic N) is 3. The van der Waals surface area contributed by atoms with Crippen molar-refractivity contribution >= 4 is 17.7 Å². The highest BCUT2D eigenvalue weighted by molar-refractivity contribution is 6.22. The van der Waals surface area contributed by atoms with Crippen LogP contribution in [0.3, 0.4) is 0 Å². The quantitative estimate of drug-likeness (QED) is 0.407. The number of amides is 3. The summed E-state index contributed by atoms with van der Waals surface area (Å²) in [4.78, 5) is 40.0. The van der Waals surface area contributed by atoms with Crippen LogP contribution in [0.15, 0.2) is 18.2 Å². The van der Waals surface area contributed by atoms with Crippen molar-refractivity contribution in [1.29, 1.82) is 5.26 Å². The second-order valence-corrected chi connectivity index (χ2v) is 5.75. The molecule has 7 heteroatoms. The Labute approximate surface area is 146 Å². The maximum absolute atomic E-state index is 12.6. The van der Waals surface area contributed by atoms with Gasteiger partial charge in [0.25, 0.3) is 17.7 Å². The molecule has 0 fully saturated rings. The van der Waals surface area contributed by atoms with Gasteiger partial charge in [-0.1, -0.05) is 6.92 Å². The van der Waals surface area contributed by atoms with E-state index in [0.29, 0.717) is 30.7 Å². The van der Waals surface area contributed by atoms with Crippen LogP contribution >= 0.6 is 0 Å². The van der Waals surface area contributed by atoms with Gasteiger partial charge in [-0.2, -0.15) is 5.26 Å². The molecule has 0 saturated heterocycles. The van der Waals surface area contributed by atoms with E-state index in [1.54, 1.807) is 7.11 Å². The van der Waals surface area contributed by atoms with Crippen molar-refractivity contribution in [3.05, 3.63) is 34.9 Å². The molecule has 0 aromatic heterocycles. The van der Waals surface area contributed by atoms with Gasteiger partial charge in [0.05, 0.1) is 17.2 Å². The van der Waals surface area contributed by atoms with Crippen LogP contribution in [0, 0.1) is 11.3 Å². The fourth-order valence-electron chi connectivity index (χ4n) is 2.78. The molecule has 0 bridgehead atoms. The third kappa shape index (κ3) is 3.86. The van der Waals surface area contributed by atoms with Crippen LogP contribution < -0.4 is 0 Å². The molecule has 0 spiro atoms. The van der Waals surface area contributed by atoms with Crippen molar-refractivity contribution in [2.75, 3.05) is 33.4 Å². The zero-order valence-corrected chi connectivity index (χ0v) is 14.4. The minimum atomic E-state index is -0.395. The molecule has 1 aromatic rings. The van der Waals surface area contributed by atoms with Gasteiger partial charge in [0.15, 0.2) is 0 Å². The molecule has 132 valence electrons. The smallest absolute Gasteiger partial charge is 0.261 e. The molecule has 2 rings (SSSR count).